The van der Waals surface area contributed by atoms with Gasteiger partial charge < -0.3 is 20.8 Å². The molecule has 0 radical (unpaired) electrons. The fourth-order valence-corrected chi connectivity index (χ4v) is 7.74. The van der Waals surface area contributed by atoms with Gasteiger partial charge in [-0.15, -0.1) is 0 Å². The van der Waals surface area contributed by atoms with Gasteiger partial charge in [0, 0.05) is 53.4 Å². The van der Waals surface area contributed by atoms with Crippen molar-refractivity contribution < 1.29 is 29.4 Å². The van der Waals surface area contributed by atoms with E-state index in [2.05, 4.69) is 30.4 Å². The third-order valence-corrected chi connectivity index (χ3v) is 10.7. The van der Waals surface area contributed by atoms with Gasteiger partial charge in [-0.25, -0.2) is 9.59 Å². The van der Waals surface area contributed by atoms with Gasteiger partial charge in [0.15, 0.2) is 0 Å². The van der Waals surface area contributed by atoms with E-state index in [9.17, 15) is 29.4 Å². The molecule has 2 aliphatic rings. The van der Waals surface area contributed by atoms with E-state index >= 15 is 0 Å². The zero-order chi connectivity index (χ0) is 40.3. The molecule has 4 aromatic rings. The molecule has 0 bridgehead atoms. The maximum atomic E-state index is 13.6. The number of anilines is 2. The van der Waals surface area contributed by atoms with Crippen molar-refractivity contribution >= 4 is 46.6 Å². The second-order valence-electron chi connectivity index (χ2n) is 14.7. The van der Waals surface area contributed by atoms with Crippen LogP contribution in [0, 0.1) is 0 Å². The first-order valence-electron chi connectivity index (χ1n) is 19.5. The minimum atomic E-state index is -1.45. The second-order valence-corrected chi connectivity index (χ2v) is 14.7. The van der Waals surface area contributed by atoms with E-state index in [4.69, 9.17) is 0 Å². The van der Waals surface area contributed by atoms with Crippen LogP contribution in [-0.2, 0) is 32.3 Å². The van der Waals surface area contributed by atoms with E-state index in [0.29, 0.717) is 47.0 Å². The van der Waals surface area contributed by atoms with E-state index in [0.717, 1.165) is 49.9 Å². The Balaban J connectivity index is 1.15. The number of likely N-dealkylation sites (tertiary alicyclic amines) is 2. The highest BCUT2D eigenvalue weighted by molar-refractivity contribution is 6.09. The highest BCUT2D eigenvalue weighted by Gasteiger charge is 2.33. The molecule has 2 heterocycles. The Bertz CT molecular complexity index is 1960. The van der Waals surface area contributed by atoms with Crippen molar-refractivity contribution in [3.05, 3.63) is 131 Å². The summed E-state index contributed by atoms with van der Waals surface area (Å²) in [6, 6.07) is 30.6. The van der Waals surface area contributed by atoms with Gasteiger partial charge in [0.1, 0.15) is 12.1 Å². The number of nitrogens with zero attached hydrogens (tertiary/aromatic N) is 4. The number of aliphatic carboxylic acids is 2. The first-order chi connectivity index (χ1) is 27.6. The summed E-state index contributed by atoms with van der Waals surface area (Å²) in [5, 5.41) is 26.6. The van der Waals surface area contributed by atoms with Gasteiger partial charge in [0.05, 0.1) is 12.1 Å². The van der Waals surface area contributed by atoms with Crippen LogP contribution < -0.4 is 10.6 Å². The Morgan fingerprint density at radius 2 is 0.965 bits per heavy atom. The minimum absolute atomic E-state index is 0.154. The van der Waals surface area contributed by atoms with Crippen LogP contribution in [0.1, 0.15) is 68.2 Å². The first kappa shape index (κ1) is 40.7. The molecule has 0 saturated carbocycles. The fraction of sp³-hybridized carbons (Fsp3) is 0.333. The normalized spacial score (nSPS) is 18.8. The number of carboxylic acids is 2. The molecule has 6 rings (SSSR count). The number of para-hydroxylation sites is 2. The highest BCUT2D eigenvalue weighted by Crippen LogP contribution is 2.26. The predicted molar refractivity (Wildman–Crippen MR) is 222 cm³/mol. The zero-order valence-electron chi connectivity index (χ0n) is 32.4. The van der Waals surface area contributed by atoms with E-state index in [1.807, 2.05) is 60.7 Å². The molecular weight excluding hydrogens is 721 g/mol. The molecule has 12 nitrogen and oxygen atoms in total. The molecule has 0 aromatic heterocycles. The van der Waals surface area contributed by atoms with Crippen molar-refractivity contribution in [3.8, 4) is 0 Å². The summed E-state index contributed by atoms with van der Waals surface area (Å²) in [5.41, 5.74) is 4.96. The fourth-order valence-electron chi connectivity index (χ4n) is 7.74. The summed E-state index contributed by atoms with van der Waals surface area (Å²) in [6.07, 6.45) is 2.81. The minimum Gasteiger partial charge on any atom is -0.480 e. The van der Waals surface area contributed by atoms with Gasteiger partial charge >= 0.3 is 11.9 Å². The molecule has 296 valence electrons. The average molecular weight is 771 g/mol. The van der Waals surface area contributed by atoms with Crippen molar-refractivity contribution in [3.63, 3.8) is 0 Å². The largest absolute Gasteiger partial charge is 0.480 e. The van der Waals surface area contributed by atoms with Crippen molar-refractivity contribution in [2.45, 2.75) is 83.2 Å². The van der Waals surface area contributed by atoms with Crippen molar-refractivity contribution in [1.29, 1.82) is 0 Å². The summed E-state index contributed by atoms with van der Waals surface area (Å²) in [6.45, 7) is 6.21. The molecule has 0 unspecified atom stereocenters. The van der Waals surface area contributed by atoms with Crippen LogP contribution in [0.15, 0.2) is 119 Å². The molecule has 4 N–H and O–H groups in total. The number of carboxylic acid groups (broad SMARTS) is 2. The average Bonchev–Trinajstić information content (AvgIpc) is 3.88. The molecule has 0 aliphatic carbocycles. The number of hydrogen-bond donors (Lipinski definition) is 4. The number of aliphatic imine (C=N–C) groups is 2. The number of hydrogen-bond acceptors (Lipinski definition) is 8. The van der Waals surface area contributed by atoms with Crippen LogP contribution in [0.25, 0.3) is 0 Å². The first-order valence-corrected chi connectivity index (χ1v) is 19.5. The van der Waals surface area contributed by atoms with Crippen LogP contribution >= 0.6 is 0 Å². The van der Waals surface area contributed by atoms with E-state index < -0.39 is 30.4 Å². The molecule has 12 heteroatoms. The third-order valence-electron chi connectivity index (χ3n) is 10.7. The van der Waals surface area contributed by atoms with Crippen molar-refractivity contribution in [2.24, 2.45) is 9.98 Å². The maximum absolute atomic E-state index is 13.6. The molecular formula is C45H50N6O6. The number of rotatable bonds is 16. The van der Waals surface area contributed by atoms with Crippen LogP contribution in [0.2, 0.25) is 0 Å². The maximum Gasteiger partial charge on any atom is 0.328 e. The molecule has 2 amide bonds. The van der Waals surface area contributed by atoms with Crippen LogP contribution in [0.5, 0.6) is 0 Å². The molecule has 0 spiro atoms. The predicted octanol–water partition coefficient (Wildman–Crippen LogP) is 6.51. The summed E-state index contributed by atoms with van der Waals surface area (Å²) in [4.78, 5) is 65.6. The standard InChI is InChI=1S/C45H50N6O6/c1-30(34-19-9-11-21-36(34)48-42(52)40-23-13-25-50(40)28-32-15-5-3-6-16-32)46-38(44(54)55)27-39(45(56)57)47-31(2)35-20-10-12-22-37(35)49-43(53)41-24-14-26-51(41)29-33-17-7-4-8-18-33/h3-12,15-22,38-41H,13-14,23-29H2,1-2H3,(H,48,52)(H,49,53)(H,54,55)(H,56,57)/t38-,39-,40-,41-/m0/s1. The van der Waals surface area contributed by atoms with Gasteiger partial charge in [-0.3, -0.25) is 29.4 Å². The monoisotopic (exact) mass is 770 g/mol. The van der Waals surface area contributed by atoms with Gasteiger partial charge in [0.2, 0.25) is 11.8 Å². The molecule has 4 aromatic carbocycles. The Hall–Kier alpha value is -5.98. The Kier molecular flexibility index (Phi) is 13.7. The molecule has 57 heavy (non-hydrogen) atoms. The lowest BCUT2D eigenvalue weighted by Gasteiger charge is -2.24. The molecule has 2 saturated heterocycles. The van der Waals surface area contributed by atoms with Crippen molar-refractivity contribution in [2.75, 3.05) is 23.7 Å². The quantitative estimate of drug-likeness (QED) is 0.0938. The summed E-state index contributed by atoms with van der Waals surface area (Å²) >= 11 is 0. The summed E-state index contributed by atoms with van der Waals surface area (Å²) in [7, 11) is 0. The highest BCUT2D eigenvalue weighted by atomic mass is 16.4. The zero-order valence-corrected chi connectivity index (χ0v) is 32.4. The lowest BCUT2D eigenvalue weighted by molar-refractivity contribution is -0.140. The van der Waals surface area contributed by atoms with Gasteiger partial charge in [0.25, 0.3) is 0 Å². The number of benzene rings is 4. The van der Waals surface area contributed by atoms with Crippen LogP contribution in [-0.4, -0.2) is 92.4 Å². The lowest BCUT2D eigenvalue weighted by Crippen LogP contribution is -2.39. The van der Waals surface area contributed by atoms with Gasteiger partial charge in [-0.05, 0) is 75.9 Å². The topological polar surface area (TPSA) is 164 Å². The summed E-state index contributed by atoms with van der Waals surface area (Å²) in [5.74, 6) is -2.92. The Morgan fingerprint density at radius 3 is 1.35 bits per heavy atom. The number of carbonyl (C=O) groups excluding carboxylic acids is 2. The van der Waals surface area contributed by atoms with Gasteiger partial charge in [-0.2, -0.15) is 0 Å². The van der Waals surface area contributed by atoms with E-state index in [1.54, 1.807) is 62.4 Å². The van der Waals surface area contributed by atoms with Crippen LogP contribution in [0.3, 0.4) is 0 Å². The lowest BCUT2D eigenvalue weighted by atomic mass is 10.0. The Labute approximate surface area is 333 Å². The molecule has 2 fully saturated rings. The van der Waals surface area contributed by atoms with Gasteiger partial charge in [-0.1, -0.05) is 97.1 Å². The van der Waals surface area contributed by atoms with E-state index in [1.165, 1.54) is 0 Å². The van der Waals surface area contributed by atoms with E-state index in [-0.39, 0.29) is 23.9 Å². The molecule has 4 atom stereocenters. The second kappa shape index (κ2) is 19.2. The number of carbonyl (C=O) groups is 4. The molecule has 2 aliphatic heterocycles. The number of nitrogens with one attached hydrogen (secondary N) is 2. The Morgan fingerprint density at radius 1 is 0.596 bits per heavy atom. The van der Waals surface area contributed by atoms with Crippen molar-refractivity contribution in [1.82, 2.24) is 9.80 Å². The number of amides is 2. The summed E-state index contributed by atoms with van der Waals surface area (Å²) < 4.78 is 0. The SMILES string of the molecule is CC(=N[C@@H](C[C@H](N=C(C)c1ccccc1NC(=O)[C@@H]1CCCN1Cc1ccccc1)C(=O)O)C(=O)O)c1ccccc1NC(=O)[C@@H]1CCCN1Cc1ccccc1. The smallest absolute Gasteiger partial charge is 0.328 e. The van der Waals surface area contributed by atoms with Crippen LogP contribution in [0.4, 0.5) is 11.4 Å². The third kappa shape index (κ3) is 10.7.